The zero-order valence-electron chi connectivity index (χ0n) is 9.96. The van der Waals surface area contributed by atoms with Crippen molar-refractivity contribution in [1.29, 1.82) is 0 Å². The second-order valence-electron chi connectivity index (χ2n) is 5.79. The summed E-state index contributed by atoms with van der Waals surface area (Å²) in [7, 11) is 1.44. The smallest absolute Gasteiger partial charge is 0.338 e. The van der Waals surface area contributed by atoms with Gasteiger partial charge in [0.05, 0.1) is 7.11 Å². The Morgan fingerprint density at radius 1 is 1.12 bits per heavy atom. The summed E-state index contributed by atoms with van der Waals surface area (Å²) in [5.74, 6) is -0.178. The molecule has 3 heteroatoms. The molecule has 3 rings (SSSR count). The van der Waals surface area contributed by atoms with Crippen LogP contribution in [0.4, 0.5) is 0 Å². The number of ether oxygens (including phenoxy) is 2. The molecule has 1 heterocycles. The first-order valence-electron chi connectivity index (χ1n) is 6.45. The van der Waals surface area contributed by atoms with Crippen LogP contribution in [0.25, 0.3) is 0 Å². The van der Waals surface area contributed by atoms with Crippen molar-refractivity contribution in [2.24, 2.45) is 5.41 Å². The van der Waals surface area contributed by atoms with Crippen molar-refractivity contribution in [3.05, 3.63) is 0 Å². The fourth-order valence-corrected chi connectivity index (χ4v) is 3.78. The Balaban J connectivity index is 1.61. The molecule has 0 N–H and O–H groups in total. The Morgan fingerprint density at radius 3 is 2.31 bits per heavy atom. The normalized spacial score (nSPS) is 34.2. The molecule has 16 heavy (non-hydrogen) atoms. The van der Waals surface area contributed by atoms with Gasteiger partial charge in [0, 0.05) is 0 Å². The van der Waals surface area contributed by atoms with Gasteiger partial charge in [-0.25, -0.2) is 4.79 Å². The lowest BCUT2D eigenvalue weighted by atomic mass is 9.68. The van der Waals surface area contributed by atoms with Gasteiger partial charge >= 0.3 is 5.97 Å². The van der Waals surface area contributed by atoms with Crippen LogP contribution in [-0.4, -0.2) is 24.8 Å². The number of carbonyl (C=O) groups excluding carboxylic acids is 1. The maximum atomic E-state index is 11.4. The van der Waals surface area contributed by atoms with Crippen LogP contribution in [0.15, 0.2) is 0 Å². The lowest BCUT2D eigenvalue weighted by Gasteiger charge is -2.36. The molecule has 2 spiro atoms. The highest BCUT2D eigenvalue weighted by Gasteiger charge is 2.63. The topological polar surface area (TPSA) is 38.8 Å². The van der Waals surface area contributed by atoms with Crippen molar-refractivity contribution >= 4 is 5.97 Å². The van der Waals surface area contributed by atoms with Crippen LogP contribution in [0, 0.1) is 5.41 Å². The van der Waals surface area contributed by atoms with Crippen LogP contribution in [-0.2, 0) is 14.3 Å². The molecule has 0 aromatic rings. The van der Waals surface area contributed by atoms with Gasteiger partial charge < -0.3 is 9.47 Å². The van der Waals surface area contributed by atoms with Gasteiger partial charge in [-0.1, -0.05) is 12.8 Å². The van der Waals surface area contributed by atoms with Gasteiger partial charge in [-0.2, -0.15) is 0 Å². The summed E-state index contributed by atoms with van der Waals surface area (Å²) in [5, 5.41) is 0. The highest BCUT2D eigenvalue weighted by atomic mass is 16.7. The summed E-state index contributed by atoms with van der Waals surface area (Å²) in [6, 6.07) is 0. The molecule has 3 nitrogen and oxygen atoms in total. The van der Waals surface area contributed by atoms with Gasteiger partial charge in [-0.3, -0.25) is 0 Å². The maximum absolute atomic E-state index is 11.4. The van der Waals surface area contributed by atoms with E-state index in [-0.39, 0.29) is 17.7 Å². The molecule has 0 amide bonds. The summed E-state index contributed by atoms with van der Waals surface area (Å²) in [6.45, 7) is 0. The summed E-state index contributed by atoms with van der Waals surface area (Å²) in [6.07, 6.45) is 9.96. The Hall–Kier alpha value is -0.570. The number of carbonyl (C=O) groups is 1. The van der Waals surface area contributed by atoms with Gasteiger partial charge in [-0.15, -0.1) is 0 Å². The molecule has 90 valence electrons. The van der Waals surface area contributed by atoms with Crippen LogP contribution < -0.4 is 0 Å². The van der Waals surface area contributed by atoms with Gasteiger partial charge in [0.15, 0.2) is 6.10 Å². The van der Waals surface area contributed by atoms with Gasteiger partial charge in [0.1, 0.15) is 5.60 Å². The molecule has 3 fully saturated rings. The lowest BCUT2D eigenvalue weighted by molar-refractivity contribution is -0.142. The predicted molar refractivity (Wildman–Crippen MR) is 59.0 cm³/mol. The number of rotatable bonds is 1. The number of esters is 1. The zero-order valence-corrected chi connectivity index (χ0v) is 9.96. The first-order valence-corrected chi connectivity index (χ1v) is 6.45. The lowest BCUT2D eigenvalue weighted by Crippen LogP contribution is -2.32. The molecule has 0 radical (unpaired) electrons. The van der Waals surface area contributed by atoms with Crippen molar-refractivity contribution in [2.45, 2.75) is 63.1 Å². The van der Waals surface area contributed by atoms with Gasteiger partial charge in [-0.05, 0) is 43.9 Å². The van der Waals surface area contributed by atoms with Crippen molar-refractivity contribution in [2.75, 3.05) is 7.11 Å². The molecule has 1 atom stereocenters. The largest absolute Gasteiger partial charge is 0.467 e. The Kier molecular flexibility index (Phi) is 2.29. The molecule has 1 unspecified atom stereocenters. The Morgan fingerprint density at radius 2 is 1.75 bits per heavy atom. The van der Waals surface area contributed by atoms with Crippen LogP contribution in [0.3, 0.4) is 0 Å². The van der Waals surface area contributed by atoms with Crippen molar-refractivity contribution in [3.63, 3.8) is 0 Å². The van der Waals surface area contributed by atoms with Crippen LogP contribution in [0.5, 0.6) is 0 Å². The second kappa shape index (κ2) is 3.46. The quantitative estimate of drug-likeness (QED) is 0.507. The van der Waals surface area contributed by atoms with Crippen molar-refractivity contribution in [1.82, 2.24) is 0 Å². The average molecular weight is 224 g/mol. The first-order chi connectivity index (χ1) is 7.70. The van der Waals surface area contributed by atoms with E-state index in [0.29, 0.717) is 5.41 Å². The first kappa shape index (κ1) is 10.6. The van der Waals surface area contributed by atoms with Crippen molar-refractivity contribution < 1.29 is 14.3 Å². The molecular weight excluding hydrogens is 204 g/mol. The van der Waals surface area contributed by atoms with E-state index in [1.165, 1.54) is 45.6 Å². The minimum Gasteiger partial charge on any atom is -0.467 e. The average Bonchev–Trinajstić information content (AvgIpc) is 2.84. The summed E-state index contributed by atoms with van der Waals surface area (Å²) < 4.78 is 10.4. The molecule has 1 aliphatic heterocycles. The Bertz CT molecular complexity index is 294. The standard InChI is InChI=1S/C13H20O3/c1-15-11(14)10-13(16-10)8-6-12(7-9-13)4-2-3-5-12/h10H,2-9H2,1H3. The molecule has 1 saturated heterocycles. The fraction of sp³-hybridized carbons (Fsp3) is 0.923. The van der Waals surface area contributed by atoms with E-state index in [0.717, 1.165) is 12.8 Å². The molecule has 0 aromatic carbocycles. The summed E-state index contributed by atoms with van der Waals surface area (Å²) in [5.41, 5.74) is 0.485. The fourth-order valence-electron chi connectivity index (χ4n) is 3.78. The third-order valence-corrected chi connectivity index (χ3v) is 5.01. The predicted octanol–water partition coefficient (Wildman–Crippen LogP) is 2.43. The summed E-state index contributed by atoms with van der Waals surface area (Å²) in [4.78, 5) is 11.4. The number of hydrogen-bond acceptors (Lipinski definition) is 3. The number of epoxide rings is 1. The number of methoxy groups -OCH3 is 1. The van der Waals surface area contributed by atoms with E-state index in [1.807, 2.05) is 0 Å². The minimum atomic E-state index is -0.253. The van der Waals surface area contributed by atoms with Gasteiger partial charge in [0.2, 0.25) is 0 Å². The third-order valence-electron chi connectivity index (χ3n) is 5.01. The van der Waals surface area contributed by atoms with Crippen molar-refractivity contribution in [3.8, 4) is 0 Å². The van der Waals surface area contributed by atoms with Crippen LogP contribution in [0.1, 0.15) is 51.4 Å². The van der Waals surface area contributed by atoms with E-state index >= 15 is 0 Å². The van der Waals surface area contributed by atoms with E-state index in [9.17, 15) is 4.79 Å². The minimum absolute atomic E-state index is 0.124. The number of hydrogen-bond donors (Lipinski definition) is 0. The van der Waals surface area contributed by atoms with Crippen LogP contribution >= 0.6 is 0 Å². The second-order valence-corrected chi connectivity index (χ2v) is 5.79. The third kappa shape index (κ3) is 1.48. The molecule has 2 saturated carbocycles. The highest BCUT2D eigenvalue weighted by molar-refractivity contribution is 5.79. The Labute approximate surface area is 96.5 Å². The molecular formula is C13H20O3. The van der Waals surface area contributed by atoms with E-state index < -0.39 is 0 Å². The molecule has 3 aliphatic rings. The van der Waals surface area contributed by atoms with E-state index in [4.69, 9.17) is 9.47 Å². The highest BCUT2D eigenvalue weighted by Crippen LogP contribution is 2.58. The van der Waals surface area contributed by atoms with E-state index in [2.05, 4.69) is 0 Å². The monoisotopic (exact) mass is 224 g/mol. The SMILES string of the molecule is COC(=O)C1OC12CCC1(CCCC1)CC2. The zero-order chi connectivity index (χ0) is 11.2. The molecule has 0 bridgehead atoms. The summed E-state index contributed by atoms with van der Waals surface area (Å²) >= 11 is 0. The van der Waals surface area contributed by atoms with Crippen LogP contribution in [0.2, 0.25) is 0 Å². The molecule has 2 aliphatic carbocycles. The maximum Gasteiger partial charge on any atom is 0.338 e. The molecule has 0 aromatic heterocycles. The van der Waals surface area contributed by atoms with Gasteiger partial charge in [0.25, 0.3) is 0 Å². The van der Waals surface area contributed by atoms with E-state index in [1.54, 1.807) is 0 Å².